The number of aliphatic hydroxyl groups is 2. The third-order valence-corrected chi connectivity index (χ3v) is 2.98. The van der Waals surface area contributed by atoms with Gasteiger partial charge in [0, 0.05) is 0 Å². The van der Waals surface area contributed by atoms with E-state index in [-0.39, 0.29) is 5.56 Å². The van der Waals surface area contributed by atoms with Crippen LogP contribution in [0.4, 0.5) is 0 Å². The Labute approximate surface area is 101 Å². The summed E-state index contributed by atoms with van der Waals surface area (Å²) in [7, 11) is 0. The van der Waals surface area contributed by atoms with Crippen molar-refractivity contribution in [1.29, 1.82) is 0 Å². The van der Waals surface area contributed by atoms with Gasteiger partial charge >= 0.3 is 11.9 Å². The van der Waals surface area contributed by atoms with Crippen LogP contribution in [0.5, 0.6) is 0 Å². The van der Waals surface area contributed by atoms with Gasteiger partial charge in [0.2, 0.25) is 5.60 Å². The minimum Gasteiger partial charge on any atom is -0.509 e. The van der Waals surface area contributed by atoms with Gasteiger partial charge in [-0.25, -0.2) is 4.79 Å². The van der Waals surface area contributed by atoms with Gasteiger partial charge < -0.3 is 20.4 Å². The summed E-state index contributed by atoms with van der Waals surface area (Å²) in [5.74, 6) is -5.97. The van der Waals surface area contributed by atoms with Gasteiger partial charge in [0.25, 0.3) is 0 Å². The maximum absolute atomic E-state index is 11.2. The summed E-state index contributed by atoms with van der Waals surface area (Å²) >= 11 is 0. The van der Waals surface area contributed by atoms with E-state index in [2.05, 4.69) is 0 Å². The lowest BCUT2D eigenvalue weighted by Gasteiger charge is -2.33. The van der Waals surface area contributed by atoms with Gasteiger partial charge in [0.15, 0.2) is 0 Å². The molecule has 2 rings (SSSR count). The van der Waals surface area contributed by atoms with Crippen molar-refractivity contribution in [3.05, 3.63) is 41.2 Å². The first-order chi connectivity index (χ1) is 8.39. The first-order valence-corrected chi connectivity index (χ1v) is 5.07. The lowest BCUT2D eigenvalue weighted by Crippen LogP contribution is -2.50. The number of hydrogen-bond acceptors (Lipinski definition) is 4. The fourth-order valence-corrected chi connectivity index (χ4v) is 2.08. The molecule has 0 heterocycles. The number of aliphatic carboxylic acids is 2. The van der Waals surface area contributed by atoms with Crippen LogP contribution in [-0.2, 0) is 9.59 Å². The number of carboxylic acid groups (broad SMARTS) is 2. The van der Waals surface area contributed by atoms with Crippen LogP contribution < -0.4 is 0 Å². The van der Waals surface area contributed by atoms with Gasteiger partial charge in [-0.2, -0.15) is 0 Å². The zero-order chi connectivity index (χ0) is 13.5. The van der Waals surface area contributed by atoms with Crippen molar-refractivity contribution < 1.29 is 30.0 Å². The highest BCUT2D eigenvalue weighted by molar-refractivity contribution is 5.95. The molecule has 1 aliphatic rings. The normalized spacial score (nSPS) is 26.1. The van der Waals surface area contributed by atoms with E-state index in [1.165, 1.54) is 18.2 Å². The number of rotatable bonds is 2. The second kappa shape index (κ2) is 3.85. The van der Waals surface area contributed by atoms with Crippen LogP contribution in [0.25, 0.3) is 6.08 Å². The van der Waals surface area contributed by atoms with E-state index in [4.69, 9.17) is 10.2 Å². The van der Waals surface area contributed by atoms with Crippen molar-refractivity contribution >= 4 is 18.0 Å². The number of carbonyl (C=O) groups is 2. The van der Waals surface area contributed by atoms with Crippen LogP contribution in [-0.4, -0.2) is 38.0 Å². The zero-order valence-electron chi connectivity index (χ0n) is 9.07. The first-order valence-electron chi connectivity index (χ1n) is 5.07. The third kappa shape index (κ3) is 1.46. The summed E-state index contributed by atoms with van der Waals surface area (Å²) in [5, 5.41) is 37.8. The minimum atomic E-state index is -2.85. The fourth-order valence-electron chi connectivity index (χ4n) is 2.08. The van der Waals surface area contributed by atoms with Crippen LogP contribution in [0.3, 0.4) is 0 Å². The van der Waals surface area contributed by atoms with Crippen LogP contribution in [0.15, 0.2) is 30.0 Å². The molecule has 2 atom stereocenters. The summed E-state index contributed by atoms with van der Waals surface area (Å²) in [4.78, 5) is 22.3. The number of benzene rings is 1. The topological polar surface area (TPSA) is 115 Å². The maximum Gasteiger partial charge on any atom is 0.345 e. The van der Waals surface area contributed by atoms with E-state index in [0.29, 0.717) is 5.56 Å². The summed E-state index contributed by atoms with van der Waals surface area (Å²) in [6.07, 6.45) is 1.06. The second-order valence-corrected chi connectivity index (χ2v) is 4.00. The number of hydrogen-bond donors (Lipinski definition) is 4. The molecule has 18 heavy (non-hydrogen) atoms. The van der Waals surface area contributed by atoms with E-state index in [1.54, 1.807) is 6.07 Å². The zero-order valence-corrected chi connectivity index (χ0v) is 9.07. The largest absolute Gasteiger partial charge is 0.509 e. The second-order valence-electron chi connectivity index (χ2n) is 4.00. The van der Waals surface area contributed by atoms with E-state index in [9.17, 15) is 19.8 Å². The molecule has 2 unspecified atom stereocenters. The quantitative estimate of drug-likeness (QED) is 0.610. The molecule has 94 valence electrons. The Hall–Kier alpha value is -2.34. The lowest BCUT2D eigenvalue weighted by atomic mass is 9.74. The highest BCUT2D eigenvalue weighted by Gasteiger charge is 2.55. The highest BCUT2D eigenvalue weighted by atomic mass is 16.4. The van der Waals surface area contributed by atoms with Crippen LogP contribution in [0.2, 0.25) is 0 Å². The van der Waals surface area contributed by atoms with Crippen LogP contribution in [0.1, 0.15) is 17.0 Å². The van der Waals surface area contributed by atoms with E-state index in [1.807, 2.05) is 0 Å². The Morgan fingerprint density at radius 3 is 2.33 bits per heavy atom. The van der Waals surface area contributed by atoms with Gasteiger partial charge in [-0.3, -0.25) is 4.79 Å². The molecule has 1 aromatic rings. The van der Waals surface area contributed by atoms with Gasteiger partial charge in [-0.15, -0.1) is 0 Å². The van der Waals surface area contributed by atoms with Gasteiger partial charge in [-0.1, -0.05) is 24.3 Å². The molecule has 0 aliphatic heterocycles. The van der Waals surface area contributed by atoms with Gasteiger partial charge in [-0.05, 0) is 17.2 Å². The first kappa shape index (κ1) is 12.1. The number of fused-ring (bicyclic) bond motifs is 1. The Bertz CT molecular complexity index is 561. The van der Waals surface area contributed by atoms with Crippen molar-refractivity contribution in [2.75, 3.05) is 0 Å². The minimum absolute atomic E-state index is 0.146. The molecular formula is C12H10O6. The van der Waals surface area contributed by atoms with Crippen molar-refractivity contribution in [1.82, 2.24) is 0 Å². The van der Waals surface area contributed by atoms with Crippen molar-refractivity contribution in [2.45, 2.75) is 11.5 Å². The molecule has 0 saturated carbocycles. The smallest absolute Gasteiger partial charge is 0.345 e. The molecule has 0 saturated heterocycles. The predicted molar refractivity (Wildman–Crippen MR) is 60.0 cm³/mol. The average molecular weight is 250 g/mol. The third-order valence-electron chi connectivity index (χ3n) is 2.98. The molecule has 1 aliphatic carbocycles. The summed E-state index contributed by atoms with van der Waals surface area (Å²) < 4.78 is 0. The van der Waals surface area contributed by atoms with E-state index in [0.717, 1.165) is 6.08 Å². The summed E-state index contributed by atoms with van der Waals surface area (Å²) in [6.45, 7) is 0. The van der Waals surface area contributed by atoms with Gasteiger partial charge in [0.05, 0.1) is 0 Å². The molecule has 0 aromatic heterocycles. The maximum atomic E-state index is 11.2. The molecular weight excluding hydrogens is 240 g/mol. The number of aliphatic hydroxyl groups excluding tert-OH is 1. The summed E-state index contributed by atoms with van der Waals surface area (Å²) in [6, 6.07) is 6.09. The average Bonchev–Trinajstić information content (AvgIpc) is 2.29. The SMILES string of the molecule is O=C(O)C1c2ccccc2C=C(O)C1(O)C(=O)O. The standard InChI is InChI=1S/C12H10O6/c13-8-5-6-3-1-2-4-7(6)9(10(14)15)12(8,18)11(16)17/h1-5,9,13,18H,(H,14,15)(H,16,17). The molecule has 0 amide bonds. The monoisotopic (exact) mass is 250 g/mol. The van der Waals surface area contributed by atoms with E-state index >= 15 is 0 Å². The molecule has 0 radical (unpaired) electrons. The molecule has 6 heteroatoms. The highest BCUT2D eigenvalue weighted by Crippen LogP contribution is 2.40. The molecule has 1 aromatic carbocycles. The van der Waals surface area contributed by atoms with Crippen LogP contribution >= 0.6 is 0 Å². The molecule has 0 spiro atoms. The molecule has 0 bridgehead atoms. The molecule has 4 N–H and O–H groups in total. The van der Waals surface area contributed by atoms with E-state index < -0.39 is 29.2 Å². The van der Waals surface area contributed by atoms with Crippen molar-refractivity contribution in [3.8, 4) is 0 Å². The Morgan fingerprint density at radius 2 is 1.78 bits per heavy atom. The van der Waals surface area contributed by atoms with Crippen molar-refractivity contribution in [3.63, 3.8) is 0 Å². The van der Waals surface area contributed by atoms with Crippen molar-refractivity contribution in [2.24, 2.45) is 0 Å². The Morgan fingerprint density at radius 1 is 1.17 bits per heavy atom. The van der Waals surface area contributed by atoms with Crippen LogP contribution in [0, 0.1) is 0 Å². The predicted octanol–water partition coefficient (Wildman–Crippen LogP) is 0.583. The summed E-state index contributed by atoms with van der Waals surface area (Å²) in [5.41, 5.74) is -2.33. The molecule has 6 nitrogen and oxygen atoms in total. The Kier molecular flexibility index (Phi) is 2.59. The number of carboxylic acids is 2. The fraction of sp³-hybridized carbons (Fsp3) is 0.167. The van der Waals surface area contributed by atoms with Gasteiger partial charge in [0.1, 0.15) is 11.7 Å². The molecule has 0 fully saturated rings. The lowest BCUT2D eigenvalue weighted by molar-refractivity contribution is -0.167. The Balaban J connectivity index is 2.74.